The average Bonchev–Trinajstić information content (AvgIpc) is 2.64. The molecule has 2 heterocycles. The summed E-state index contributed by atoms with van der Waals surface area (Å²) in [6.45, 7) is 7.29. The minimum atomic E-state index is -0.509. The molecule has 0 aliphatic carbocycles. The zero-order valence-corrected chi connectivity index (χ0v) is 17.8. The standard InChI is InChI=1S/C20H24Cl2N4O2/c1-4-28-19(27)17-18(26-10-8-20(3,23)9-11-26)24-12(2)16(25-17)13-6-5-7-14(21)15(13)22/h5-7H,4,8-11,23H2,1-3H3. The lowest BCUT2D eigenvalue weighted by molar-refractivity contribution is 0.0520. The van der Waals surface area contributed by atoms with Crippen LogP contribution < -0.4 is 10.6 Å². The van der Waals surface area contributed by atoms with Gasteiger partial charge >= 0.3 is 5.97 Å². The number of hydrogen-bond donors (Lipinski definition) is 1. The van der Waals surface area contributed by atoms with Crippen molar-refractivity contribution in [3.63, 3.8) is 0 Å². The van der Waals surface area contributed by atoms with Gasteiger partial charge in [0, 0.05) is 24.2 Å². The number of anilines is 1. The molecule has 6 nitrogen and oxygen atoms in total. The molecule has 0 atom stereocenters. The van der Waals surface area contributed by atoms with Crippen molar-refractivity contribution in [1.29, 1.82) is 0 Å². The molecular formula is C20H24Cl2N4O2. The second-order valence-corrected chi connectivity index (χ2v) is 8.08. The van der Waals surface area contributed by atoms with Crippen molar-refractivity contribution >= 4 is 35.0 Å². The fourth-order valence-corrected chi connectivity index (χ4v) is 3.63. The Labute approximate surface area is 175 Å². The van der Waals surface area contributed by atoms with E-state index >= 15 is 0 Å². The third kappa shape index (κ3) is 4.24. The molecule has 2 aromatic rings. The van der Waals surface area contributed by atoms with Crippen LogP contribution in [0.3, 0.4) is 0 Å². The van der Waals surface area contributed by atoms with Crippen LogP contribution >= 0.6 is 23.2 Å². The number of aromatic nitrogens is 2. The number of rotatable bonds is 4. The largest absolute Gasteiger partial charge is 0.461 e. The first kappa shape index (κ1) is 20.8. The molecule has 0 saturated carbocycles. The molecule has 0 spiro atoms. The van der Waals surface area contributed by atoms with Gasteiger partial charge in [-0.3, -0.25) is 0 Å². The van der Waals surface area contributed by atoms with E-state index in [9.17, 15) is 4.79 Å². The Hall–Kier alpha value is -1.89. The van der Waals surface area contributed by atoms with Gasteiger partial charge in [-0.15, -0.1) is 0 Å². The summed E-state index contributed by atoms with van der Waals surface area (Å²) < 4.78 is 5.23. The van der Waals surface area contributed by atoms with E-state index in [1.807, 2.05) is 18.7 Å². The first-order chi connectivity index (χ1) is 13.2. The monoisotopic (exact) mass is 422 g/mol. The number of carbonyl (C=O) groups is 1. The smallest absolute Gasteiger partial charge is 0.360 e. The molecule has 150 valence electrons. The summed E-state index contributed by atoms with van der Waals surface area (Å²) in [4.78, 5) is 24.0. The van der Waals surface area contributed by atoms with Crippen LogP contribution in [-0.2, 0) is 4.74 Å². The van der Waals surface area contributed by atoms with E-state index in [0.717, 1.165) is 12.8 Å². The summed E-state index contributed by atoms with van der Waals surface area (Å²) in [5.74, 6) is 0.0128. The molecule has 2 N–H and O–H groups in total. The van der Waals surface area contributed by atoms with Crippen molar-refractivity contribution in [2.24, 2.45) is 5.73 Å². The van der Waals surface area contributed by atoms with Gasteiger partial charge in [0.05, 0.1) is 28.0 Å². The zero-order chi connectivity index (χ0) is 20.5. The molecule has 0 radical (unpaired) electrons. The van der Waals surface area contributed by atoms with Gasteiger partial charge in [-0.25, -0.2) is 14.8 Å². The van der Waals surface area contributed by atoms with Gasteiger partial charge in [0.2, 0.25) is 0 Å². The van der Waals surface area contributed by atoms with E-state index in [4.69, 9.17) is 38.7 Å². The van der Waals surface area contributed by atoms with Gasteiger partial charge < -0.3 is 15.4 Å². The molecule has 1 aliphatic heterocycles. The van der Waals surface area contributed by atoms with E-state index < -0.39 is 5.97 Å². The predicted octanol–water partition coefficient (Wildman–Crippen LogP) is 4.25. The lowest BCUT2D eigenvalue weighted by Crippen LogP contribution is -2.48. The normalized spacial score (nSPS) is 16.1. The molecule has 3 rings (SSSR count). The van der Waals surface area contributed by atoms with Crippen molar-refractivity contribution in [1.82, 2.24) is 9.97 Å². The highest BCUT2D eigenvalue weighted by molar-refractivity contribution is 6.43. The highest BCUT2D eigenvalue weighted by Gasteiger charge is 2.30. The van der Waals surface area contributed by atoms with Crippen molar-refractivity contribution in [2.75, 3.05) is 24.6 Å². The first-order valence-electron chi connectivity index (χ1n) is 9.27. The van der Waals surface area contributed by atoms with Crippen LogP contribution in [0.15, 0.2) is 18.2 Å². The van der Waals surface area contributed by atoms with E-state index in [0.29, 0.717) is 45.9 Å². The lowest BCUT2D eigenvalue weighted by atomic mass is 9.91. The fraction of sp³-hybridized carbons (Fsp3) is 0.450. The van der Waals surface area contributed by atoms with Gasteiger partial charge in [-0.1, -0.05) is 35.3 Å². The highest BCUT2D eigenvalue weighted by atomic mass is 35.5. The SMILES string of the molecule is CCOC(=O)c1nc(-c2cccc(Cl)c2Cl)c(C)nc1N1CCC(C)(N)CC1. The van der Waals surface area contributed by atoms with Crippen LogP contribution in [0.2, 0.25) is 10.0 Å². The number of halogens is 2. The molecule has 1 saturated heterocycles. The van der Waals surface area contributed by atoms with Gasteiger partial charge in [-0.05, 0) is 39.7 Å². The summed E-state index contributed by atoms with van der Waals surface area (Å²) in [6, 6.07) is 5.30. The number of nitrogens with two attached hydrogens (primary N) is 1. The number of piperidine rings is 1. The lowest BCUT2D eigenvalue weighted by Gasteiger charge is -2.37. The minimum Gasteiger partial charge on any atom is -0.461 e. The van der Waals surface area contributed by atoms with Gasteiger partial charge in [-0.2, -0.15) is 0 Å². The Morgan fingerprint density at radius 3 is 2.61 bits per heavy atom. The van der Waals surface area contributed by atoms with Crippen molar-refractivity contribution in [3.8, 4) is 11.3 Å². The number of esters is 1. The number of hydrogen-bond acceptors (Lipinski definition) is 6. The molecule has 1 aromatic heterocycles. The van der Waals surface area contributed by atoms with Crippen molar-refractivity contribution < 1.29 is 9.53 Å². The van der Waals surface area contributed by atoms with Gasteiger partial charge in [0.25, 0.3) is 0 Å². The van der Waals surface area contributed by atoms with E-state index in [-0.39, 0.29) is 17.8 Å². The molecule has 0 bridgehead atoms. The van der Waals surface area contributed by atoms with Crippen LogP contribution in [0.4, 0.5) is 5.82 Å². The van der Waals surface area contributed by atoms with E-state index in [1.54, 1.807) is 25.1 Å². The summed E-state index contributed by atoms with van der Waals surface area (Å²) in [6.07, 6.45) is 1.61. The van der Waals surface area contributed by atoms with E-state index in [1.165, 1.54) is 0 Å². The molecule has 1 aliphatic rings. The Balaban J connectivity index is 2.09. The zero-order valence-electron chi connectivity index (χ0n) is 16.3. The Bertz CT molecular complexity index is 892. The molecule has 1 fully saturated rings. The number of carbonyl (C=O) groups excluding carboxylic acids is 1. The second kappa shape index (κ2) is 8.23. The number of aryl methyl sites for hydroxylation is 1. The van der Waals surface area contributed by atoms with E-state index in [2.05, 4.69) is 4.98 Å². The Morgan fingerprint density at radius 1 is 1.29 bits per heavy atom. The third-order valence-corrected chi connectivity index (χ3v) is 5.75. The number of nitrogens with zero attached hydrogens (tertiary/aromatic N) is 3. The Kier molecular flexibility index (Phi) is 6.12. The fourth-order valence-electron chi connectivity index (χ4n) is 3.24. The third-order valence-electron chi connectivity index (χ3n) is 4.93. The average molecular weight is 423 g/mol. The molecule has 28 heavy (non-hydrogen) atoms. The van der Waals surface area contributed by atoms with Crippen molar-refractivity contribution in [2.45, 2.75) is 39.2 Å². The van der Waals surface area contributed by atoms with Crippen LogP contribution in [0.5, 0.6) is 0 Å². The molecular weight excluding hydrogens is 399 g/mol. The van der Waals surface area contributed by atoms with Crippen molar-refractivity contribution in [3.05, 3.63) is 39.6 Å². The summed E-state index contributed by atoms with van der Waals surface area (Å²) in [7, 11) is 0. The minimum absolute atomic E-state index is 0.180. The van der Waals surface area contributed by atoms with Gasteiger partial charge in [0.1, 0.15) is 0 Å². The maximum Gasteiger partial charge on any atom is 0.360 e. The second-order valence-electron chi connectivity index (χ2n) is 7.29. The topological polar surface area (TPSA) is 81.3 Å². The molecule has 1 aromatic carbocycles. The summed E-state index contributed by atoms with van der Waals surface area (Å²) in [5, 5.41) is 0.793. The summed E-state index contributed by atoms with van der Waals surface area (Å²) in [5.41, 5.74) is 8.02. The van der Waals surface area contributed by atoms with Crippen LogP contribution in [0.1, 0.15) is 42.9 Å². The molecule has 0 amide bonds. The predicted molar refractivity (Wildman–Crippen MR) is 112 cm³/mol. The number of benzene rings is 1. The number of ether oxygens (including phenoxy) is 1. The quantitative estimate of drug-likeness (QED) is 0.741. The maximum atomic E-state index is 12.6. The molecule has 8 heteroatoms. The highest BCUT2D eigenvalue weighted by Crippen LogP contribution is 2.35. The summed E-state index contributed by atoms with van der Waals surface area (Å²) >= 11 is 12.5. The molecule has 0 unspecified atom stereocenters. The van der Waals surface area contributed by atoms with Crippen LogP contribution in [0, 0.1) is 6.92 Å². The van der Waals surface area contributed by atoms with Crippen LogP contribution in [-0.4, -0.2) is 41.2 Å². The van der Waals surface area contributed by atoms with Crippen LogP contribution in [0.25, 0.3) is 11.3 Å². The van der Waals surface area contributed by atoms with Gasteiger partial charge in [0.15, 0.2) is 11.5 Å². The Morgan fingerprint density at radius 2 is 1.96 bits per heavy atom. The first-order valence-corrected chi connectivity index (χ1v) is 10.0. The maximum absolute atomic E-state index is 12.6.